The molecule has 2 aliphatic rings. The van der Waals surface area contributed by atoms with Crippen molar-refractivity contribution in [2.24, 2.45) is 4.99 Å². The largest absolute Gasteiger partial charge is 0.497 e. The number of hydrogen-bond acceptors (Lipinski definition) is 7. The molecule has 8 heteroatoms. The molecule has 0 aromatic heterocycles. The second kappa shape index (κ2) is 9.38. The Hall–Kier alpha value is -4.42. The first-order valence-electron chi connectivity index (χ1n) is 10.2. The summed E-state index contributed by atoms with van der Waals surface area (Å²) in [5.41, 5.74) is 2.60. The Morgan fingerprint density at radius 3 is 2.67 bits per heavy atom. The summed E-state index contributed by atoms with van der Waals surface area (Å²) in [5.74, 6) is 3.24. The van der Waals surface area contributed by atoms with Crippen molar-refractivity contribution in [1.29, 1.82) is 0 Å². The molecule has 0 N–H and O–H groups in total. The number of benzene rings is 2. The van der Waals surface area contributed by atoms with E-state index in [2.05, 4.69) is 4.99 Å². The van der Waals surface area contributed by atoms with Gasteiger partial charge in [0.05, 0.1) is 23.8 Å². The Kier molecular flexibility index (Phi) is 6.20. The number of aliphatic imine (C=N–C) groups is 1. The van der Waals surface area contributed by atoms with Gasteiger partial charge in [0.25, 0.3) is 0 Å². The van der Waals surface area contributed by atoms with E-state index in [0.717, 1.165) is 16.8 Å². The molecule has 8 nitrogen and oxygen atoms in total. The van der Waals surface area contributed by atoms with E-state index < -0.39 is 4.92 Å². The molecule has 0 saturated heterocycles. The normalized spacial score (nSPS) is 17.2. The fraction of sp³-hybridized carbons (Fsp3) is 0.160. The molecule has 0 spiro atoms. The van der Waals surface area contributed by atoms with Gasteiger partial charge in [-0.05, 0) is 36.3 Å². The van der Waals surface area contributed by atoms with Gasteiger partial charge in [-0.15, -0.1) is 0 Å². The van der Waals surface area contributed by atoms with Crippen LogP contribution in [-0.4, -0.2) is 34.6 Å². The second-order valence-corrected chi connectivity index (χ2v) is 7.42. The lowest BCUT2D eigenvalue weighted by Gasteiger charge is -2.26. The number of hydrogen-bond donors (Lipinski definition) is 0. The minimum atomic E-state index is -0.463. The maximum Gasteiger partial charge on any atom is 0.310 e. The van der Waals surface area contributed by atoms with Gasteiger partial charge in [-0.3, -0.25) is 10.1 Å². The van der Waals surface area contributed by atoms with E-state index in [-0.39, 0.29) is 24.1 Å². The SMILES string of the molecule is COC1=CC(=C=O)N2C(=C1)N=C(C=Cc1ccc([N+](=O)[O-])c(OCc3ccccc3)c1)C2C. The molecule has 2 aromatic rings. The van der Waals surface area contributed by atoms with Gasteiger partial charge in [0.2, 0.25) is 0 Å². The molecule has 166 valence electrons. The van der Waals surface area contributed by atoms with Crippen molar-refractivity contribution < 1.29 is 19.2 Å². The van der Waals surface area contributed by atoms with Gasteiger partial charge >= 0.3 is 5.69 Å². The predicted octanol–water partition coefficient (Wildman–Crippen LogP) is 4.43. The Morgan fingerprint density at radius 2 is 1.97 bits per heavy atom. The van der Waals surface area contributed by atoms with Gasteiger partial charge < -0.3 is 14.4 Å². The van der Waals surface area contributed by atoms with E-state index in [0.29, 0.717) is 17.3 Å². The highest BCUT2D eigenvalue weighted by Gasteiger charge is 2.32. The highest BCUT2D eigenvalue weighted by molar-refractivity contribution is 6.04. The van der Waals surface area contributed by atoms with Crippen molar-refractivity contribution in [3.8, 4) is 5.75 Å². The number of carbonyl (C=O) groups excluding carboxylic acids is 1. The molecule has 1 unspecified atom stereocenters. The van der Waals surface area contributed by atoms with E-state index in [1.165, 1.54) is 13.2 Å². The van der Waals surface area contributed by atoms with Crippen LogP contribution in [0.5, 0.6) is 5.75 Å². The molecule has 1 atom stereocenters. The Bertz CT molecular complexity index is 1250. The zero-order valence-corrected chi connectivity index (χ0v) is 18.1. The van der Waals surface area contributed by atoms with Crippen LogP contribution in [0.3, 0.4) is 0 Å². The van der Waals surface area contributed by atoms with Crippen molar-refractivity contribution in [2.75, 3.05) is 7.11 Å². The molecule has 2 aromatic carbocycles. The van der Waals surface area contributed by atoms with Crippen LogP contribution in [0.1, 0.15) is 18.1 Å². The Balaban J connectivity index is 1.57. The van der Waals surface area contributed by atoms with Gasteiger partial charge in [0.1, 0.15) is 23.9 Å². The summed E-state index contributed by atoms with van der Waals surface area (Å²) < 4.78 is 11.0. The molecule has 0 fully saturated rings. The third-order valence-electron chi connectivity index (χ3n) is 5.32. The van der Waals surface area contributed by atoms with E-state index in [1.807, 2.05) is 55.3 Å². The summed E-state index contributed by atoms with van der Waals surface area (Å²) in [7, 11) is 1.52. The van der Waals surface area contributed by atoms with Crippen LogP contribution < -0.4 is 4.74 Å². The lowest BCUT2D eigenvalue weighted by atomic mass is 10.1. The number of nitro groups is 1. The van der Waals surface area contributed by atoms with Gasteiger partial charge in [-0.25, -0.2) is 9.79 Å². The lowest BCUT2D eigenvalue weighted by Crippen LogP contribution is -2.32. The van der Waals surface area contributed by atoms with Crippen molar-refractivity contribution in [3.05, 3.63) is 105 Å². The monoisotopic (exact) mass is 443 g/mol. The summed E-state index contributed by atoms with van der Waals surface area (Å²) in [6.07, 6.45) is 6.99. The fourth-order valence-corrected chi connectivity index (χ4v) is 3.61. The summed E-state index contributed by atoms with van der Waals surface area (Å²) in [6.45, 7) is 2.15. The standard InChI is InChI=1S/C25H21N3O5/c1-17-22(26-25-14-21(32-2)13-20(15-29)27(17)25)10-8-18-9-11-23(28(30)31)24(12-18)33-16-19-6-4-3-5-7-19/h3-14,17H,16H2,1-2H3. The van der Waals surface area contributed by atoms with E-state index in [1.54, 1.807) is 29.2 Å². The van der Waals surface area contributed by atoms with E-state index >= 15 is 0 Å². The van der Waals surface area contributed by atoms with Crippen LogP contribution in [0.2, 0.25) is 0 Å². The molecule has 0 amide bonds. The van der Waals surface area contributed by atoms with Crippen molar-refractivity contribution >= 4 is 23.4 Å². The van der Waals surface area contributed by atoms with E-state index in [9.17, 15) is 14.9 Å². The summed E-state index contributed by atoms with van der Waals surface area (Å²) in [4.78, 5) is 28.8. The van der Waals surface area contributed by atoms with Crippen LogP contribution in [-0.2, 0) is 16.1 Å². The van der Waals surface area contributed by atoms with Gasteiger partial charge in [0, 0.05) is 18.2 Å². The molecule has 2 heterocycles. The molecule has 0 radical (unpaired) electrons. The van der Waals surface area contributed by atoms with Crippen LogP contribution in [0.25, 0.3) is 6.08 Å². The van der Waals surface area contributed by atoms with Crippen molar-refractivity contribution in [2.45, 2.75) is 19.6 Å². The number of rotatable bonds is 7. The molecule has 0 bridgehead atoms. The highest BCUT2D eigenvalue weighted by atomic mass is 16.6. The first kappa shape index (κ1) is 21.8. The average Bonchev–Trinajstić information content (AvgIpc) is 3.16. The maximum atomic E-state index is 11.4. The lowest BCUT2D eigenvalue weighted by molar-refractivity contribution is -0.385. The smallest absolute Gasteiger partial charge is 0.310 e. The number of allylic oxidation sites excluding steroid dienone is 2. The first-order chi connectivity index (χ1) is 16.0. The summed E-state index contributed by atoms with van der Waals surface area (Å²) >= 11 is 0. The van der Waals surface area contributed by atoms with E-state index in [4.69, 9.17) is 9.47 Å². The zero-order chi connectivity index (χ0) is 23.4. The third kappa shape index (κ3) is 4.61. The van der Waals surface area contributed by atoms with Gasteiger partial charge in [0.15, 0.2) is 11.7 Å². The number of fused-ring (bicyclic) bond motifs is 1. The Morgan fingerprint density at radius 1 is 1.18 bits per heavy atom. The van der Waals surface area contributed by atoms with Crippen LogP contribution in [0.15, 0.2) is 89.0 Å². The molecule has 33 heavy (non-hydrogen) atoms. The zero-order valence-electron chi connectivity index (χ0n) is 18.1. The number of ether oxygens (including phenoxy) is 2. The van der Waals surface area contributed by atoms with Gasteiger partial charge in [-0.2, -0.15) is 0 Å². The molecule has 0 saturated carbocycles. The minimum absolute atomic E-state index is 0.101. The van der Waals surface area contributed by atoms with Gasteiger partial charge in [-0.1, -0.05) is 36.4 Å². The quantitative estimate of drug-likeness (QED) is 0.357. The molecule has 4 rings (SSSR count). The fourth-order valence-electron chi connectivity index (χ4n) is 3.61. The third-order valence-corrected chi connectivity index (χ3v) is 5.32. The minimum Gasteiger partial charge on any atom is -0.497 e. The summed E-state index contributed by atoms with van der Waals surface area (Å²) in [6, 6.07) is 14.0. The number of methoxy groups -OCH3 is 1. The van der Waals surface area contributed by atoms with Crippen molar-refractivity contribution in [1.82, 2.24) is 4.90 Å². The molecule has 2 aliphatic heterocycles. The number of nitro benzene ring substituents is 1. The van der Waals surface area contributed by atoms with Crippen LogP contribution in [0, 0.1) is 10.1 Å². The van der Waals surface area contributed by atoms with Crippen molar-refractivity contribution in [3.63, 3.8) is 0 Å². The predicted molar refractivity (Wildman–Crippen MR) is 124 cm³/mol. The maximum absolute atomic E-state index is 11.4. The molecule has 0 aliphatic carbocycles. The van der Waals surface area contributed by atoms with Crippen LogP contribution >= 0.6 is 0 Å². The highest BCUT2D eigenvalue weighted by Crippen LogP contribution is 2.32. The Labute approximate surface area is 190 Å². The topological polar surface area (TPSA) is 94.3 Å². The number of nitrogens with zero attached hydrogens (tertiary/aromatic N) is 3. The van der Waals surface area contributed by atoms with Crippen LogP contribution in [0.4, 0.5) is 5.69 Å². The summed E-state index contributed by atoms with van der Waals surface area (Å²) in [5, 5.41) is 11.4. The molecular weight excluding hydrogens is 422 g/mol. The second-order valence-electron chi connectivity index (χ2n) is 7.42. The molecular formula is C25H21N3O5. The average molecular weight is 443 g/mol. The first-order valence-corrected chi connectivity index (χ1v) is 10.2.